The van der Waals surface area contributed by atoms with Crippen LogP contribution in [0.5, 0.6) is 0 Å². The summed E-state index contributed by atoms with van der Waals surface area (Å²) in [4.78, 5) is 19.8. The molecule has 3 aromatic rings. The van der Waals surface area contributed by atoms with Gasteiger partial charge in [-0.3, -0.25) is 0 Å². The molecular formula is C29H35N3O2. The van der Waals surface area contributed by atoms with Crippen LogP contribution in [-0.4, -0.2) is 47.2 Å². The van der Waals surface area contributed by atoms with Crippen LogP contribution in [0.1, 0.15) is 46.5 Å². The molecule has 0 aliphatic carbocycles. The summed E-state index contributed by atoms with van der Waals surface area (Å²) in [5, 5.41) is 0. The van der Waals surface area contributed by atoms with Crippen LogP contribution in [0.4, 0.5) is 17.1 Å². The fourth-order valence-corrected chi connectivity index (χ4v) is 5.00. The molecule has 0 bridgehead atoms. The molecule has 1 unspecified atom stereocenters. The van der Waals surface area contributed by atoms with E-state index < -0.39 is 5.60 Å². The average molecular weight is 458 g/mol. The molecule has 5 nitrogen and oxygen atoms in total. The molecule has 3 aromatic carbocycles. The third-order valence-electron chi connectivity index (χ3n) is 6.86. The first-order valence-electron chi connectivity index (χ1n) is 11.9. The number of aryl methyl sites for hydroxylation is 1. The number of hydrogen-bond acceptors (Lipinski definition) is 5. The number of cyclic esters (lactones) is 1. The van der Waals surface area contributed by atoms with Crippen LogP contribution < -0.4 is 14.7 Å². The average Bonchev–Trinajstić information content (AvgIpc) is 3.13. The predicted octanol–water partition coefficient (Wildman–Crippen LogP) is 5.44. The molecule has 0 saturated heterocycles. The number of benzene rings is 3. The van der Waals surface area contributed by atoms with Crippen LogP contribution in [0.15, 0.2) is 60.7 Å². The smallest absolute Gasteiger partial charge is 0.340 e. The molecule has 34 heavy (non-hydrogen) atoms. The monoisotopic (exact) mass is 457 g/mol. The molecule has 0 N–H and O–H groups in total. The maximum atomic E-state index is 13.3. The molecule has 0 spiro atoms. The number of carbonyl (C=O) groups is 1. The Balaban J connectivity index is 2.10. The molecule has 4 rings (SSSR count). The SMILES string of the molecule is CCN(CC)c1ccc(C)c(C2(c3ccc(N(C)C)cc3N(C)C)OC(=O)c3ccccc32)c1. The van der Waals surface area contributed by atoms with Gasteiger partial charge in [-0.2, -0.15) is 0 Å². The molecule has 0 aromatic heterocycles. The van der Waals surface area contributed by atoms with Gasteiger partial charge in [-0.25, -0.2) is 4.79 Å². The Hall–Kier alpha value is -3.47. The van der Waals surface area contributed by atoms with Crippen molar-refractivity contribution in [1.29, 1.82) is 0 Å². The van der Waals surface area contributed by atoms with Gasteiger partial charge in [0.1, 0.15) is 0 Å². The van der Waals surface area contributed by atoms with Gasteiger partial charge in [0.05, 0.1) is 5.56 Å². The van der Waals surface area contributed by atoms with Gasteiger partial charge in [-0.05, 0) is 56.7 Å². The van der Waals surface area contributed by atoms with E-state index >= 15 is 0 Å². The molecule has 5 heteroatoms. The minimum atomic E-state index is -1.04. The Bertz CT molecular complexity index is 1210. The number of anilines is 3. The van der Waals surface area contributed by atoms with Crippen molar-refractivity contribution < 1.29 is 9.53 Å². The van der Waals surface area contributed by atoms with E-state index in [-0.39, 0.29) is 5.97 Å². The van der Waals surface area contributed by atoms with E-state index in [9.17, 15) is 4.79 Å². The molecule has 0 fully saturated rings. The standard InChI is InChI=1S/C29H35N3O2/c1-8-32(9-2)22-15-14-20(3)26(18-22)29(24-13-11-10-12-23(24)28(33)34-29)25-17-16-21(30(4)5)19-27(25)31(6)7/h10-19H,8-9H2,1-7H3. The second-order valence-corrected chi connectivity index (χ2v) is 9.28. The highest BCUT2D eigenvalue weighted by molar-refractivity contribution is 5.97. The van der Waals surface area contributed by atoms with Gasteiger partial charge in [-0.1, -0.05) is 30.3 Å². The van der Waals surface area contributed by atoms with E-state index in [4.69, 9.17) is 4.74 Å². The van der Waals surface area contributed by atoms with Crippen molar-refractivity contribution in [2.45, 2.75) is 26.4 Å². The highest BCUT2D eigenvalue weighted by Crippen LogP contribution is 2.51. The summed E-state index contributed by atoms with van der Waals surface area (Å²) < 4.78 is 6.47. The number of carbonyl (C=O) groups excluding carboxylic acids is 1. The van der Waals surface area contributed by atoms with Gasteiger partial charge in [0.25, 0.3) is 0 Å². The number of fused-ring (bicyclic) bond motifs is 1. The molecule has 178 valence electrons. The summed E-state index contributed by atoms with van der Waals surface area (Å²) in [5.74, 6) is -0.287. The quantitative estimate of drug-likeness (QED) is 0.442. The largest absolute Gasteiger partial charge is 0.440 e. The van der Waals surface area contributed by atoms with Gasteiger partial charge in [0.15, 0.2) is 5.60 Å². The van der Waals surface area contributed by atoms with E-state index in [0.717, 1.165) is 52.4 Å². The zero-order chi connectivity index (χ0) is 24.6. The number of nitrogens with zero attached hydrogens (tertiary/aromatic N) is 3. The maximum absolute atomic E-state index is 13.3. The number of hydrogen-bond donors (Lipinski definition) is 0. The summed E-state index contributed by atoms with van der Waals surface area (Å²) in [6, 6.07) is 20.7. The maximum Gasteiger partial charge on any atom is 0.340 e. The van der Waals surface area contributed by atoms with E-state index in [1.54, 1.807) is 0 Å². The molecule has 0 amide bonds. The summed E-state index contributed by atoms with van der Waals surface area (Å²) in [5.41, 5.74) is 6.75. The molecule has 1 atom stereocenters. The third kappa shape index (κ3) is 3.69. The summed E-state index contributed by atoms with van der Waals surface area (Å²) in [6.07, 6.45) is 0. The minimum absolute atomic E-state index is 0.287. The molecule has 0 saturated carbocycles. The van der Waals surface area contributed by atoms with Crippen LogP contribution in [0.2, 0.25) is 0 Å². The van der Waals surface area contributed by atoms with Gasteiger partial charge >= 0.3 is 5.97 Å². The zero-order valence-corrected chi connectivity index (χ0v) is 21.3. The van der Waals surface area contributed by atoms with Gasteiger partial charge < -0.3 is 19.4 Å². The fourth-order valence-electron chi connectivity index (χ4n) is 5.00. The molecular weight excluding hydrogens is 422 g/mol. The van der Waals surface area contributed by atoms with E-state index in [1.807, 2.05) is 52.5 Å². The van der Waals surface area contributed by atoms with Crippen LogP contribution in [0, 0.1) is 6.92 Å². The summed E-state index contributed by atoms with van der Waals surface area (Å²) >= 11 is 0. The van der Waals surface area contributed by atoms with Crippen molar-refractivity contribution in [1.82, 2.24) is 0 Å². The van der Waals surface area contributed by atoms with Crippen molar-refractivity contribution in [3.63, 3.8) is 0 Å². The molecule has 0 radical (unpaired) electrons. The Kier molecular flexibility index (Phi) is 6.30. The highest BCUT2D eigenvalue weighted by Gasteiger charge is 2.50. The number of rotatable bonds is 7. The Morgan fingerprint density at radius 1 is 0.765 bits per heavy atom. The van der Waals surface area contributed by atoms with E-state index in [2.05, 4.69) is 71.9 Å². The Labute approximate surface area is 203 Å². The number of esters is 1. The zero-order valence-electron chi connectivity index (χ0n) is 21.3. The first-order chi connectivity index (χ1) is 16.2. The van der Waals surface area contributed by atoms with Crippen molar-refractivity contribution in [2.24, 2.45) is 0 Å². The van der Waals surface area contributed by atoms with E-state index in [1.165, 1.54) is 0 Å². The second kappa shape index (κ2) is 9.05. The molecule has 1 aliphatic heterocycles. The van der Waals surface area contributed by atoms with Gasteiger partial charge in [0.2, 0.25) is 0 Å². The third-order valence-corrected chi connectivity index (χ3v) is 6.86. The van der Waals surface area contributed by atoms with Gasteiger partial charge in [0, 0.05) is 75.0 Å². The molecule has 1 aliphatic rings. The second-order valence-electron chi connectivity index (χ2n) is 9.28. The summed E-state index contributed by atoms with van der Waals surface area (Å²) in [7, 11) is 8.14. The fraction of sp³-hybridized carbons (Fsp3) is 0.345. The Morgan fingerprint density at radius 2 is 1.44 bits per heavy atom. The van der Waals surface area contributed by atoms with Crippen LogP contribution in [-0.2, 0) is 10.3 Å². The lowest BCUT2D eigenvalue weighted by Crippen LogP contribution is -2.33. The van der Waals surface area contributed by atoms with Crippen LogP contribution in [0.25, 0.3) is 0 Å². The topological polar surface area (TPSA) is 36.0 Å². The van der Waals surface area contributed by atoms with Gasteiger partial charge in [-0.15, -0.1) is 0 Å². The first kappa shape index (κ1) is 23.7. The van der Waals surface area contributed by atoms with E-state index in [0.29, 0.717) is 5.56 Å². The molecule has 1 heterocycles. The van der Waals surface area contributed by atoms with Crippen LogP contribution in [0.3, 0.4) is 0 Å². The highest BCUT2D eigenvalue weighted by atomic mass is 16.6. The summed E-state index contributed by atoms with van der Waals surface area (Å²) in [6.45, 7) is 8.23. The lowest BCUT2D eigenvalue weighted by molar-refractivity contribution is 0.0251. The van der Waals surface area contributed by atoms with Crippen LogP contribution >= 0.6 is 0 Å². The van der Waals surface area contributed by atoms with Crippen molar-refractivity contribution >= 4 is 23.0 Å². The lowest BCUT2D eigenvalue weighted by atomic mass is 9.77. The normalized spacial score (nSPS) is 16.7. The first-order valence-corrected chi connectivity index (χ1v) is 11.9. The van der Waals surface area contributed by atoms with Crippen molar-refractivity contribution in [2.75, 3.05) is 56.0 Å². The van der Waals surface area contributed by atoms with Crippen molar-refractivity contribution in [3.8, 4) is 0 Å². The predicted molar refractivity (Wildman–Crippen MR) is 142 cm³/mol. The van der Waals surface area contributed by atoms with Crippen molar-refractivity contribution in [3.05, 3.63) is 88.5 Å². The minimum Gasteiger partial charge on any atom is -0.440 e. The Morgan fingerprint density at radius 3 is 2.09 bits per heavy atom. The lowest BCUT2D eigenvalue weighted by Gasteiger charge is -2.36. The number of ether oxygens (including phenoxy) is 1.